The zero-order chi connectivity index (χ0) is 13.3. The Morgan fingerprint density at radius 3 is 2.56 bits per heavy atom. The summed E-state index contributed by atoms with van der Waals surface area (Å²) < 4.78 is 13.5. The molecule has 18 heavy (non-hydrogen) atoms. The minimum absolute atomic E-state index is 0.154. The molecule has 0 radical (unpaired) electrons. The monoisotopic (exact) mass is 285 g/mol. The van der Waals surface area contributed by atoms with Crippen molar-refractivity contribution < 1.29 is 14.3 Å². The third-order valence-corrected chi connectivity index (χ3v) is 3.08. The fraction of sp³-hybridized carbons (Fsp3) is 0. The maximum Gasteiger partial charge on any atom is 0.339 e. The highest BCUT2D eigenvalue weighted by Gasteiger charge is 2.18. The van der Waals surface area contributed by atoms with Crippen LogP contribution in [0.4, 0.5) is 4.39 Å². The van der Waals surface area contributed by atoms with Crippen LogP contribution in [0.2, 0.25) is 10.0 Å². The Labute approximate surface area is 112 Å². The molecule has 1 aromatic heterocycles. The molecule has 0 amide bonds. The summed E-state index contributed by atoms with van der Waals surface area (Å²) in [4.78, 5) is 14.7. The first-order valence-corrected chi connectivity index (χ1v) is 5.58. The van der Waals surface area contributed by atoms with Gasteiger partial charge < -0.3 is 5.11 Å². The zero-order valence-corrected chi connectivity index (χ0v) is 10.3. The summed E-state index contributed by atoms with van der Waals surface area (Å²) in [5, 5.41) is 9.60. The van der Waals surface area contributed by atoms with Crippen molar-refractivity contribution in [3.63, 3.8) is 0 Å². The van der Waals surface area contributed by atoms with Crippen molar-refractivity contribution in [1.29, 1.82) is 0 Å². The van der Waals surface area contributed by atoms with Gasteiger partial charge >= 0.3 is 5.97 Å². The van der Waals surface area contributed by atoms with Crippen molar-refractivity contribution >= 4 is 29.2 Å². The lowest BCUT2D eigenvalue weighted by molar-refractivity contribution is 0.0692. The molecule has 0 saturated heterocycles. The van der Waals surface area contributed by atoms with Gasteiger partial charge in [-0.2, -0.15) is 0 Å². The smallest absolute Gasteiger partial charge is 0.339 e. The van der Waals surface area contributed by atoms with Gasteiger partial charge in [-0.1, -0.05) is 29.3 Å². The molecule has 0 bridgehead atoms. The number of carboxylic acid groups (broad SMARTS) is 1. The number of carbonyl (C=O) groups is 1. The third-order valence-electron chi connectivity index (χ3n) is 2.34. The van der Waals surface area contributed by atoms with Crippen molar-refractivity contribution in [3.05, 3.63) is 52.0 Å². The first kappa shape index (κ1) is 12.8. The van der Waals surface area contributed by atoms with E-state index in [9.17, 15) is 9.18 Å². The molecule has 92 valence electrons. The van der Waals surface area contributed by atoms with E-state index in [2.05, 4.69) is 4.98 Å². The van der Waals surface area contributed by atoms with Gasteiger partial charge in [0.25, 0.3) is 0 Å². The van der Waals surface area contributed by atoms with E-state index in [1.165, 1.54) is 18.3 Å². The SMILES string of the molecule is O=C(O)c1c(F)cncc1-c1ccc(Cl)c(Cl)c1. The predicted molar refractivity (Wildman–Crippen MR) is 66.6 cm³/mol. The highest BCUT2D eigenvalue weighted by molar-refractivity contribution is 6.42. The summed E-state index contributed by atoms with van der Waals surface area (Å²) in [6, 6.07) is 4.53. The van der Waals surface area contributed by atoms with Crippen LogP contribution in [0, 0.1) is 5.82 Å². The van der Waals surface area contributed by atoms with Crippen LogP contribution in [0.25, 0.3) is 11.1 Å². The van der Waals surface area contributed by atoms with Crippen molar-refractivity contribution in [2.45, 2.75) is 0 Å². The van der Waals surface area contributed by atoms with E-state index in [-0.39, 0.29) is 10.6 Å². The van der Waals surface area contributed by atoms with Gasteiger partial charge in [0.2, 0.25) is 0 Å². The maximum absolute atomic E-state index is 13.5. The molecule has 0 aliphatic rings. The Kier molecular flexibility index (Phi) is 3.50. The van der Waals surface area contributed by atoms with E-state index in [4.69, 9.17) is 28.3 Å². The lowest BCUT2D eigenvalue weighted by Gasteiger charge is -2.07. The van der Waals surface area contributed by atoms with Crippen LogP contribution in [0.15, 0.2) is 30.6 Å². The molecule has 0 unspecified atom stereocenters. The topological polar surface area (TPSA) is 50.2 Å². The van der Waals surface area contributed by atoms with Gasteiger partial charge in [-0.05, 0) is 17.7 Å². The van der Waals surface area contributed by atoms with Gasteiger partial charge in [-0.25, -0.2) is 9.18 Å². The molecule has 1 heterocycles. The van der Waals surface area contributed by atoms with Crippen LogP contribution in [-0.4, -0.2) is 16.1 Å². The number of hydrogen-bond donors (Lipinski definition) is 1. The highest BCUT2D eigenvalue weighted by atomic mass is 35.5. The molecule has 0 spiro atoms. The van der Waals surface area contributed by atoms with E-state index in [0.717, 1.165) is 6.20 Å². The molecule has 1 N–H and O–H groups in total. The summed E-state index contributed by atoms with van der Waals surface area (Å²) in [6.07, 6.45) is 2.12. The zero-order valence-electron chi connectivity index (χ0n) is 8.82. The number of nitrogens with zero attached hydrogens (tertiary/aromatic N) is 1. The van der Waals surface area contributed by atoms with Crippen LogP contribution in [0.5, 0.6) is 0 Å². The van der Waals surface area contributed by atoms with E-state index in [0.29, 0.717) is 10.6 Å². The minimum Gasteiger partial charge on any atom is -0.478 e. The Balaban J connectivity index is 2.67. The van der Waals surface area contributed by atoms with E-state index >= 15 is 0 Å². The van der Waals surface area contributed by atoms with Crippen LogP contribution in [0.3, 0.4) is 0 Å². The lowest BCUT2D eigenvalue weighted by atomic mass is 10.0. The highest BCUT2D eigenvalue weighted by Crippen LogP contribution is 2.30. The molecule has 1 aromatic carbocycles. The van der Waals surface area contributed by atoms with Gasteiger partial charge in [0.05, 0.1) is 16.2 Å². The average molecular weight is 286 g/mol. The summed E-state index contributed by atoms with van der Waals surface area (Å²) in [7, 11) is 0. The van der Waals surface area contributed by atoms with E-state index < -0.39 is 17.3 Å². The second-order valence-electron chi connectivity index (χ2n) is 3.48. The molecule has 2 aromatic rings. The number of pyridine rings is 1. The largest absolute Gasteiger partial charge is 0.478 e. The first-order chi connectivity index (χ1) is 8.50. The van der Waals surface area contributed by atoms with Gasteiger partial charge in [0.15, 0.2) is 5.82 Å². The molecule has 0 aliphatic heterocycles. The number of rotatable bonds is 2. The quantitative estimate of drug-likeness (QED) is 0.911. The van der Waals surface area contributed by atoms with Crippen molar-refractivity contribution in [2.24, 2.45) is 0 Å². The van der Waals surface area contributed by atoms with Crippen molar-refractivity contribution in [1.82, 2.24) is 4.98 Å². The number of carboxylic acids is 1. The molecule has 2 rings (SSSR count). The summed E-state index contributed by atoms with van der Waals surface area (Å²) in [5.74, 6) is -2.26. The second-order valence-corrected chi connectivity index (χ2v) is 4.29. The average Bonchev–Trinajstić information content (AvgIpc) is 2.32. The Morgan fingerprint density at radius 1 is 1.22 bits per heavy atom. The Bertz CT molecular complexity index is 631. The lowest BCUT2D eigenvalue weighted by Crippen LogP contribution is -2.04. The summed E-state index contributed by atoms with van der Waals surface area (Å²) >= 11 is 11.6. The van der Waals surface area contributed by atoms with Gasteiger partial charge in [-0.3, -0.25) is 4.98 Å². The number of aromatic nitrogens is 1. The van der Waals surface area contributed by atoms with Gasteiger partial charge in [-0.15, -0.1) is 0 Å². The molecular formula is C12H6Cl2FNO2. The number of aromatic carboxylic acids is 1. The summed E-state index contributed by atoms with van der Waals surface area (Å²) in [5.41, 5.74) is 0.151. The minimum atomic E-state index is -1.36. The van der Waals surface area contributed by atoms with Crippen LogP contribution < -0.4 is 0 Å². The van der Waals surface area contributed by atoms with Crippen molar-refractivity contribution in [3.8, 4) is 11.1 Å². The van der Waals surface area contributed by atoms with E-state index in [1.807, 2.05) is 0 Å². The predicted octanol–water partition coefficient (Wildman–Crippen LogP) is 3.89. The normalized spacial score (nSPS) is 10.4. The number of benzene rings is 1. The number of hydrogen-bond acceptors (Lipinski definition) is 2. The standard InChI is InChI=1S/C12H6Cl2FNO2/c13-8-2-1-6(3-9(8)14)7-4-16-5-10(15)11(7)12(17)18/h1-5H,(H,17,18). The van der Waals surface area contributed by atoms with Crippen molar-refractivity contribution in [2.75, 3.05) is 0 Å². The molecule has 0 atom stereocenters. The number of halogens is 3. The first-order valence-electron chi connectivity index (χ1n) is 4.83. The summed E-state index contributed by atoms with van der Waals surface area (Å²) in [6.45, 7) is 0. The molecule has 6 heteroatoms. The van der Waals surface area contributed by atoms with Gasteiger partial charge in [0.1, 0.15) is 5.56 Å². The molecule has 0 saturated carbocycles. The molecule has 0 fully saturated rings. The Morgan fingerprint density at radius 2 is 1.94 bits per heavy atom. The molecule has 3 nitrogen and oxygen atoms in total. The van der Waals surface area contributed by atoms with Crippen LogP contribution >= 0.6 is 23.2 Å². The Hall–Kier alpha value is -1.65. The molecule has 0 aliphatic carbocycles. The molecular weight excluding hydrogens is 280 g/mol. The second kappa shape index (κ2) is 4.92. The third kappa shape index (κ3) is 2.30. The fourth-order valence-electron chi connectivity index (χ4n) is 1.53. The fourth-order valence-corrected chi connectivity index (χ4v) is 1.83. The van der Waals surface area contributed by atoms with E-state index in [1.54, 1.807) is 6.07 Å². The van der Waals surface area contributed by atoms with Gasteiger partial charge in [0, 0.05) is 11.8 Å². The maximum atomic E-state index is 13.5. The van der Waals surface area contributed by atoms with Crippen LogP contribution in [-0.2, 0) is 0 Å². The van der Waals surface area contributed by atoms with Crippen LogP contribution in [0.1, 0.15) is 10.4 Å².